The molecule has 1 unspecified atom stereocenters. The molecule has 0 aliphatic carbocycles. The van der Waals surface area contributed by atoms with Crippen molar-refractivity contribution >= 4 is 33.5 Å². The second-order valence-corrected chi connectivity index (χ2v) is 6.37. The van der Waals surface area contributed by atoms with Crippen molar-refractivity contribution in [3.8, 4) is 0 Å². The molecule has 4 nitrogen and oxygen atoms in total. The average molecular weight is 342 g/mol. The molecular formula is C15H20BrNO3. The zero-order valence-corrected chi connectivity index (χ0v) is 13.7. The maximum atomic E-state index is 12.1. The Bertz CT molecular complexity index is 528. The molecule has 0 radical (unpaired) electrons. The van der Waals surface area contributed by atoms with E-state index in [1.807, 2.05) is 32.9 Å². The third-order valence-corrected chi connectivity index (χ3v) is 4.69. The van der Waals surface area contributed by atoms with E-state index in [0.29, 0.717) is 5.69 Å². The van der Waals surface area contributed by atoms with Gasteiger partial charge < -0.3 is 10.4 Å². The summed E-state index contributed by atoms with van der Waals surface area (Å²) < 4.78 is 0.903. The fourth-order valence-electron chi connectivity index (χ4n) is 1.80. The van der Waals surface area contributed by atoms with Gasteiger partial charge in [-0.2, -0.15) is 0 Å². The van der Waals surface area contributed by atoms with Gasteiger partial charge in [-0.3, -0.25) is 9.59 Å². The van der Waals surface area contributed by atoms with E-state index in [0.717, 1.165) is 10.0 Å². The Morgan fingerprint density at radius 2 is 2.00 bits per heavy atom. The largest absolute Gasteiger partial charge is 0.481 e. The standard InChI is InChI=1S/C15H20BrNO3/c1-9(2)15(4,14(19)20)8-13(18)17-12-7-5-6-11(16)10(12)3/h5-7,9H,8H2,1-4H3,(H,17,18)(H,19,20). The minimum Gasteiger partial charge on any atom is -0.481 e. The van der Waals surface area contributed by atoms with Crippen LogP contribution < -0.4 is 5.32 Å². The second-order valence-electron chi connectivity index (χ2n) is 5.51. The van der Waals surface area contributed by atoms with Gasteiger partial charge in [-0.15, -0.1) is 0 Å². The summed E-state index contributed by atoms with van der Waals surface area (Å²) in [5.74, 6) is -1.37. The van der Waals surface area contributed by atoms with Crippen molar-refractivity contribution < 1.29 is 14.7 Å². The van der Waals surface area contributed by atoms with Gasteiger partial charge in [-0.1, -0.05) is 35.8 Å². The van der Waals surface area contributed by atoms with Crippen molar-refractivity contribution in [2.45, 2.75) is 34.1 Å². The van der Waals surface area contributed by atoms with Gasteiger partial charge in [-0.05, 0) is 37.5 Å². The highest BCUT2D eigenvalue weighted by Crippen LogP contribution is 2.32. The number of aliphatic carboxylic acids is 1. The zero-order chi connectivity index (χ0) is 15.5. The highest BCUT2D eigenvalue weighted by Gasteiger charge is 2.38. The van der Waals surface area contributed by atoms with Crippen LogP contribution in [0.3, 0.4) is 0 Å². The molecule has 0 saturated carbocycles. The lowest BCUT2D eigenvalue weighted by molar-refractivity contribution is -0.153. The van der Waals surface area contributed by atoms with Gasteiger partial charge in [0.25, 0.3) is 0 Å². The van der Waals surface area contributed by atoms with Crippen LogP contribution in [-0.2, 0) is 9.59 Å². The van der Waals surface area contributed by atoms with Crippen molar-refractivity contribution in [1.29, 1.82) is 0 Å². The SMILES string of the molecule is Cc1c(Br)cccc1NC(=O)CC(C)(C(=O)O)C(C)C. The molecule has 0 saturated heterocycles. The summed E-state index contributed by atoms with van der Waals surface area (Å²) in [4.78, 5) is 23.5. The van der Waals surface area contributed by atoms with Gasteiger partial charge in [0.05, 0.1) is 5.41 Å². The van der Waals surface area contributed by atoms with Crippen LogP contribution in [0.15, 0.2) is 22.7 Å². The van der Waals surface area contributed by atoms with E-state index >= 15 is 0 Å². The molecule has 1 amide bonds. The van der Waals surface area contributed by atoms with Gasteiger partial charge in [0.2, 0.25) is 5.91 Å². The Labute approximate surface area is 127 Å². The Hall–Kier alpha value is -1.36. The van der Waals surface area contributed by atoms with Gasteiger partial charge in [0.15, 0.2) is 0 Å². The summed E-state index contributed by atoms with van der Waals surface area (Å²) in [6.07, 6.45) is -0.0496. The molecule has 0 heterocycles. The summed E-state index contributed by atoms with van der Waals surface area (Å²) >= 11 is 3.40. The van der Waals surface area contributed by atoms with Gasteiger partial charge in [0, 0.05) is 16.6 Å². The summed E-state index contributed by atoms with van der Waals surface area (Å²) in [6.45, 7) is 7.11. The molecule has 110 valence electrons. The first-order valence-corrected chi connectivity index (χ1v) is 7.26. The molecule has 1 aromatic rings. The number of hydrogen-bond acceptors (Lipinski definition) is 2. The first-order chi connectivity index (χ1) is 9.18. The first-order valence-electron chi connectivity index (χ1n) is 6.47. The number of carboxylic acid groups (broad SMARTS) is 1. The first kappa shape index (κ1) is 16.7. The van der Waals surface area contributed by atoms with E-state index in [-0.39, 0.29) is 18.2 Å². The number of amides is 1. The minimum absolute atomic E-state index is 0.0496. The molecule has 1 aromatic carbocycles. The normalized spacial score (nSPS) is 13.9. The fourth-order valence-corrected chi connectivity index (χ4v) is 2.16. The van der Waals surface area contributed by atoms with E-state index < -0.39 is 11.4 Å². The minimum atomic E-state index is -1.07. The van der Waals surface area contributed by atoms with Gasteiger partial charge >= 0.3 is 5.97 Å². The van der Waals surface area contributed by atoms with Crippen LogP contribution in [0.1, 0.15) is 32.8 Å². The van der Waals surface area contributed by atoms with Crippen LogP contribution >= 0.6 is 15.9 Å². The molecule has 0 spiro atoms. The number of benzene rings is 1. The summed E-state index contributed by atoms with van der Waals surface area (Å²) in [5.41, 5.74) is 0.549. The number of rotatable bonds is 5. The molecule has 0 fully saturated rings. The zero-order valence-electron chi connectivity index (χ0n) is 12.2. The number of anilines is 1. The van der Waals surface area contributed by atoms with Gasteiger partial charge in [-0.25, -0.2) is 0 Å². The fraction of sp³-hybridized carbons (Fsp3) is 0.467. The molecule has 0 aromatic heterocycles. The smallest absolute Gasteiger partial charge is 0.310 e. The van der Waals surface area contributed by atoms with Crippen LogP contribution in [0, 0.1) is 18.3 Å². The lowest BCUT2D eigenvalue weighted by Gasteiger charge is -2.28. The summed E-state index contributed by atoms with van der Waals surface area (Å²) in [7, 11) is 0. The Morgan fingerprint density at radius 3 is 2.50 bits per heavy atom. The molecule has 20 heavy (non-hydrogen) atoms. The number of nitrogens with one attached hydrogen (secondary N) is 1. The third kappa shape index (κ3) is 3.60. The van der Waals surface area contributed by atoms with Crippen LogP contribution in [0.2, 0.25) is 0 Å². The Balaban J connectivity index is 2.87. The predicted octanol–water partition coefficient (Wildman–Crippen LogP) is 3.83. The van der Waals surface area contributed by atoms with E-state index in [1.54, 1.807) is 13.0 Å². The van der Waals surface area contributed by atoms with Crippen molar-refractivity contribution in [3.05, 3.63) is 28.2 Å². The quantitative estimate of drug-likeness (QED) is 0.855. The van der Waals surface area contributed by atoms with Crippen LogP contribution in [0.4, 0.5) is 5.69 Å². The Morgan fingerprint density at radius 1 is 1.40 bits per heavy atom. The average Bonchev–Trinajstić information content (AvgIpc) is 2.34. The summed E-state index contributed by atoms with van der Waals surface area (Å²) in [5, 5.41) is 12.1. The second kappa shape index (κ2) is 6.39. The molecular weight excluding hydrogens is 322 g/mol. The molecule has 0 aliphatic heterocycles. The molecule has 1 rings (SSSR count). The van der Waals surface area contributed by atoms with E-state index in [9.17, 15) is 14.7 Å². The highest BCUT2D eigenvalue weighted by molar-refractivity contribution is 9.10. The lowest BCUT2D eigenvalue weighted by atomic mass is 9.76. The Kier molecular flexibility index (Phi) is 5.34. The molecule has 0 bridgehead atoms. The molecule has 5 heteroatoms. The number of carboxylic acids is 1. The number of carbonyl (C=O) groups is 2. The van der Waals surface area contributed by atoms with Crippen LogP contribution in [0.5, 0.6) is 0 Å². The van der Waals surface area contributed by atoms with E-state index in [4.69, 9.17) is 0 Å². The molecule has 2 N–H and O–H groups in total. The summed E-state index contributed by atoms with van der Waals surface area (Å²) in [6, 6.07) is 5.51. The monoisotopic (exact) mass is 341 g/mol. The molecule has 0 aliphatic rings. The van der Waals surface area contributed by atoms with Crippen LogP contribution in [0.25, 0.3) is 0 Å². The lowest BCUT2D eigenvalue weighted by Crippen LogP contribution is -2.37. The van der Waals surface area contributed by atoms with Crippen molar-refractivity contribution in [2.24, 2.45) is 11.3 Å². The van der Waals surface area contributed by atoms with Crippen molar-refractivity contribution in [1.82, 2.24) is 0 Å². The molecule has 1 atom stereocenters. The van der Waals surface area contributed by atoms with Crippen molar-refractivity contribution in [2.75, 3.05) is 5.32 Å². The van der Waals surface area contributed by atoms with Crippen LogP contribution in [-0.4, -0.2) is 17.0 Å². The van der Waals surface area contributed by atoms with E-state index in [1.165, 1.54) is 0 Å². The maximum absolute atomic E-state index is 12.1. The number of halogens is 1. The topological polar surface area (TPSA) is 66.4 Å². The van der Waals surface area contributed by atoms with Crippen molar-refractivity contribution in [3.63, 3.8) is 0 Å². The number of carbonyl (C=O) groups excluding carboxylic acids is 1. The van der Waals surface area contributed by atoms with E-state index in [2.05, 4.69) is 21.2 Å². The number of hydrogen-bond donors (Lipinski definition) is 2. The third-order valence-electron chi connectivity index (χ3n) is 3.83. The maximum Gasteiger partial charge on any atom is 0.310 e. The highest BCUT2D eigenvalue weighted by atomic mass is 79.9. The van der Waals surface area contributed by atoms with Gasteiger partial charge in [0.1, 0.15) is 0 Å². The predicted molar refractivity (Wildman–Crippen MR) is 82.7 cm³/mol.